The molecule has 1 saturated heterocycles. The summed E-state index contributed by atoms with van der Waals surface area (Å²) in [7, 11) is 1.50. The fourth-order valence-electron chi connectivity index (χ4n) is 5.37. The molecule has 0 radical (unpaired) electrons. The molecule has 0 unspecified atom stereocenters. The summed E-state index contributed by atoms with van der Waals surface area (Å²) >= 11 is 5.93. The SMILES string of the molecule is COCC(=O)Nc1ccc(N2C(=S)N[C@@H](c3ccccn3)[C@H]2c2c(C)c(C)n(-c3ccccc3)c2C)cc1. The number of amides is 1. The molecule has 2 atom stereocenters. The number of carbonyl (C=O) groups excluding carboxylic acids is 1. The molecule has 0 spiro atoms. The number of ether oxygens (including phenoxy) is 1. The normalized spacial score (nSPS) is 16.9. The molecule has 3 heterocycles. The highest BCUT2D eigenvalue weighted by Crippen LogP contribution is 2.45. The number of benzene rings is 2. The molecule has 1 aliphatic rings. The van der Waals surface area contributed by atoms with Crippen LogP contribution in [0.2, 0.25) is 0 Å². The zero-order valence-corrected chi connectivity index (χ0v) is 22.8. The molecule has 7 nitrogen and oxygen atoms in total. The van der Waals surface area contributed by atoms with Crippen molar-refractivity contribution in [3.8, 4) is 5.69 Å². The van der Waals surface area contributed by atoms with Crippen LogP contribution in [0, 0.1) is 20.8 Å². The second-order valence-corrected chi connectivity index (χ2v) is 9.79. The maximum Gasteiger partial charge on any atom is 0.250 e. The first-order valence-corrected chi connectivity index (χ1v) is 12.9. The number of hydrogen-bond donors (Lipinski definition) is 2. The molecule has 0 bridgehead atoms. The van der Waals surface area contributed by atoms with E-state index < -0.39 is 0 Å². The Balaban J connectivity index is 1.61. The van der Waals surface area contributed by atoms with Crippen LogP contribution in [-0.2, 0) is 9.53 Å². The van der Waals surface area contributed by atoms with Gasteiger partial charge in [0.25, 0.3) is 0 Å². The summed E-state index contributed by atoms with van der Waals surface area (Å²) in [6, 6.07) is 23.8. The van der Waals surface area contributed by atoms with Crippen LogP contribution in [0.3, 0.4) is 0 Å². The first-order chi connectivity index (χ1) is 18.4. The van der Waals surface area contributed by atoms with E-state index in [2.05, 4.69) is 65.1 Å². The van der Waals surface area contributed by atoms with E-state index in [0.717, 1.165) is 22.8 Å². The number of rotatable bonds is 7. The summed E-state index contributed by atoms with van der Waals surface area (Å²) in [5.41, 5.74) is 8.47. The minimum absolute atomic E-state index is 0.00597. The Hall–Kier alpha value is -4.01. The van der Waals surface area contributed by atoms with Gasteiger partial charge in [-0.3, -0.25) is 9.78 Å². The molecule has 8 heteroatoms. The van der Waals surface area contributed by atoms with E-state index in [0.29, 0.717) is 10.8 Å². The van der Waals surface area contributed by atoms with E-state index in [1.165, 1.54) is 23.9 Å². The van der Waals surface area contributed by atoms with Gasteiger partial charge < -0.3 is 24.8 Å². The molecule has 194 valence electrons. The van der Waals surface area contributed by atoms with Gasteiger partial charge in [-0.1, -0.05) is 24.3 Å². The molecule has 1 fully saturated rings. The Morgan fingerprint density at radius 1 is 0.974 bits per heavy atom. The minimum Gasteiger partial charge on any atom is -0.375 e. The number of thiocarbonyl (C=S) groups is 1. The lowest BCUT2D eigenvalue weighted by atomic mass is 9.93. The van der Waals surface area contributed by atoms with Gasteiger partial charge in [0.1, 0.15) is 6.61 Å². The standard InChI is InChI=1S/C30H31N5O2S/c1-19-20(2)34(23-10-6-5-7-11-23)21(3)27(19)29-28(25-12-8-9-17-31-25)33-30(38)35(29)24-15-13-22(14-16-24)32-26(36)18-37-4/h5-17,28-29H,18H2,1-4H3,(H,32,36)(H,33,38)/t28-,29+/m0/s1. The number of hydrogen-bond acceptors (Lipinski definition) is 4. The van der Waals surface area contributed by atoms with Crippen LogP contribution in [0.15, 0.2) is 79.0 Å². The lowest BCUT2D eigenvalue weighted by molar-refractivity contribution is -0.119. The van der Waals surface area contributed by atoms with Crippen molar-refractivity contribution in [2.75, 3.05) is 23.9 Å². The predicted molar refractivity (Wildman–Crippen MR) is 155 cm³/mol. The number of pyridine rings is 1. The van der Waals surface area contributed by atoms with Crippen molar-refractivity contribution in [1.82, 2.24) is 14.9 Å². The van der Waals surface area contributed by atoms with Crippen molar-refractivity contribution >= 4 is 34.6 Å². The first-order valence-electron chi connectivity index (χ1n) is 12.5. The van der Waals surface area contributed by atoms with Crippen molar-refractivity contribution in [3.63, 3.8) is 0 Å². The minimum atomic E-state index is -0.198. The van der Waals surface area contributed by atoms with Crippen molar-refractivity contribution in [2.45, 2.75) is 32.9 Å². The van der Waals surface area contributed by atoms with Crippen molar-refractivity contribution in [3.05, 3.63) is 107 Å². The van der Waals surface area contributed by atoms with E-state index in [-0.39, 0.29) is 24.6 Å². The Labute approximate surface area is 228 Å². The fourth-order valence-corrected chi connectivity index (χ4v) is 5.71. The Kier molecular flexibility index (Phi) is 7.26. The van der Waals surface area contributed by atoms with Gasteiger partial charge in [-0.2, -0.15) is 0 Å². The Morgan fingerprint density at radius 3 is 2.34 bits per heavy atom. The molecule has 1 amide bonds. The summed E-state index contributed by atoms with van der Waals surface area (Å²) in [4.78, 5) is 18.8. The summed E-state index contributed by atoms with van der Waals surface area (Å²) in [6.07, 6.45) is 1.82. The molecule has 4 aromatic rings. The quantitative estimate of drug-likeness (QED) is 0.308. The van der Waals surface area contributed by atoms with Gasteiger partial charge in [-0.05, 0) is 87.1 Å². The van der Waals surface area contributed by atoms with Gasteiger partial charge in [0, 0.05) is 47.3 Å². The van der Waals surface area contributed by atoms with Gasteiger partial charge in [0.05, 0.1) is 17.8 Å². The van der Waals surface area contributed by atoms with Crippen molar-refractivity contribution in [2.24, 2.45) is 0 Å². The third kappa shape index (κ3) is 4.68. The highest BCUT2D eigenvalue weighted by atomic mass is 32.1. The summed E-state index contributed by atoms with van der Waals surface area (Å²) in [5, 5.41) is 7.04. The summed E-state index contributed by atoms with van der Waals surface area (Å²) in [5.74, 6) is -0.198. The number of carbonyl (C=O) groups is 1. The van der Waals surface area contributed by atoms with Crippen molar-refractivity contribution < 1.29 is 9.53 Å². The van der Waals surface area contributed by atoms with Crippen LogP contribution in [0.5, 0.6) is 0 Å². The Bertz CT molecular complexity index is 1450. The van der Waals surface area contributed by atoms with Crippen LogP contribution in [0.25, 0.3) is 5.69 Å². The van der Waals surface area contributed by atoms with E-state index in [9.17, 15) is 4.79 Å². The fraction of sp³-hybridized carbons (Fsp3) is 0.233. The zero-order chi connectivity index (χ0) is 26.8. The number of para-hydroxylation sites is 1. The largest absolute Gasteiger partial charge is 0.375 e. The van der Waals surface area contributed by atoms with Gasteiger partial charge in [0.15, 0.2) is 5.11 Å². The van der Waals surface area contributed by atoms with Gasteiger partial charge in [0.2, 0.25) is 5.91 Å². The second kappa shape index (κ2) is 10.8. The number of aromatic nitrogens is 2. The Morgan fingerprint density at radius 2 is 1.68 bits per heavy atom. The highest BCUT2D eigenvalue weighted by Gasteiger charge is 2.43. The van der Waals surface area contributed by atoms with E-state index in [1.807, 2.05) is 54.7 Å². The molecular formula is C30H31N5O2S. The molecule has 2 aromatic carbocycles. The molecule has 2 N–H and O–H groups in total. The van der Waals surface area contributed by atoms with Crippen LogP contribution in [0.4, 0.5) is 11.4 Å². The number of nitrogens with one attached hydrogen (secondary N) is 2. The van der Waals surface area contributed by atoms with Gasteiger partial charge >= 0.3 is 0 Å². The van der Waals surface area contributed by atoms with Crippen LogP contribution in [0.1, 0.15) is 40.3 Å². The monoisotopic (exact) mass is 525 g/mol. The molecule has 0 aliphatic carbocycles. The molecule has 38 heavy (non-hydrogen) atoms. The zero-order valence-electron chi connectivity index (χ0n) is 21.9. The van der Waals surface area contributed by atoms with E-state index in [1.54, 1.807) is 0 Å². The molecule has 5 rings (SSSR count). The van der Waals surface area contributed by atoms with Crippen LogP contribution in [-0.4, -0.2) is 34.3 Å². The van der Waals surface area contributed by atoms with Crippen LogP contribution < -0.4 is 15.5 Å². The predicted octanol–water partition coefficient (Wildman–Crippen LogP) is 5.56. The smallest absolute Gasteiger partial charge is 0.250 e. The number of methoxy groups -OCH3 is 1. The lowest BCUT2D eigenvalue weighted by Gasteiger charge is -2.29. The highest BCUT2D eigenvalue weighted by molar-refractivity contribution is 7.80. The van der Waals surface area contributed by atoms with Crippen LogP contribution >= 0.6 is 12.2 Å². The van der Waals surface area contributed by atoms with E-state index in [4.69, 9.17) is 21.9 Å². The summed E-state index contributed by atoms with van der Waals surface area (Å²) in [6.45, 7) is 6.52. The summed E-state index contributed by atoms with van der Waals surface area (Å²) < 4.78 is 7.24. The van der Waals surface area contributed by atoms with Crippen molar-refractivity contribution in [1.29, 1.82) is 0 Å². The third-order valence-corrected chi connectivity index (χ3v) is 7.43. The van der Waals surface area contributed by atoms with Gasteiger partial charge in [-0.15, -0.1) is 0 Å². The lowest BCUT2D eigenvalue weighted by Crippen LogP contribution is -2.29. The third-order valence-electron chi connectivity index (χ3n) is 7.12. The maximum absolute atomic E-state index is 12.0. The molecular weight excluding hydrogens is 494 g/mol. The molecule has 2 aromatic heterocycles. The first kappa shape index (κ1) is 25.6. The number of nitrogens with zero attached hydrogens (tertiary/aromatic N) is 3. The maximum atomic E-state index is 12.0. The average molecular weight is 526 g/mol. The second-order valence-electron chi connectivity index (χ2n) is 9.41. The topological polar surface area (TPSA) is 71.4 Å². The molecule has 1 aliphatic heterocycles. The van der Waals surface area contributed by atoms with E-state index >= 15 is 0 Å². The van der Waals surface area contributed by atoms with Gasteiger partial charge in [-0.25, -0.2) is 0 Å². The number of anilines is 2. The molecule has 0 saturated carbocycles. The average Bonchev–Trinajstić information content (AvgIpc) is 3.37.